The Morgan fingerprint density at radius 2 is 1.93 bits per heavy atom. The van der Waals surface area contributed by atoms with Gasteiger partial charge in [-0.1, -0.05) is 54.1 Å². The van der Waals surface area contributed by atoms with Crippen molar-refractivity contribution in [3.63, 3.8) is 0 Å². The second kappa shape index (κ2) is 8.35. The standard InChI is InChI=1S/C22H20ClN3O2S/c1-14-20(16-7-9-18(23)10-8-16)24-22(29-14)25-21(28)17-11-19(27)26(13-17)12-15-5-3-2-4-6-15/h2-10,17H,11-13H2,1H3,(H,24,25,28). The van der Waals surface area contributed by atoms with E-state index in [1.165, 1.54) is 11.3 Å². The van der Waals surface area contributed by atoms with E-state index in [0.29, 0.717) is 23.2 Å². The van der Waals surface area contributed by atoms with Gasteiger partial charge in [0.1, 0.15) is 0 Å². The van der Waals surface area contributed by atoms with E-state index < -0.39 is 0 Å². The Hall–Kier alpha value is -2.70. The molecular formula is C22H20ClN3O2S. The highest BCUT2D eigenvalue weighted by molar-refractivity contribution is 7.16. The Balaban J connectivity index is 1.41. The third-order valence-electron chi connectivity index (χ3n) is 4.95. The van der Waals surface area contributed by atoms with Crippen LogP contribution >= 0.6 is 22.9 Å². The molecule has 0 spiro atoms. The molecular weight excluding hydrogens is 406 g/mol. The molecule has 1 atom stereocenters. The lowest BCUT2D eigenvalue weighted by atomic mass is 10.1. The first kappa shape index (κ1) is 19.6. The average molecular weight is 426 g/mol. The van der Waals surface area contributed by atoms with Crippen LogP contribution in [-0.4, -0.2) is 28.2 Å². The zero-order valence-electron chi connectivity index (χ0n) is 15.9. The van der Waals surface area contributed by atoms with E-state index in [-0.39, 0.29) is 24.2 Å². The predicted molar refractivity (Wildman–Crippen MR) is 116 cm³/mol. The van der Waals surface area contributed by atoms with Crippen LogP contribution in [0.2, 0.25) is 5.02 Å². The summed E-state index contributed by atoms with van der Waals surface area (Å²) in [6.07, 6.45) is 0.229. The van der Waals surface area contributed by atoms with Gasteiger partial charge in [-0.05, 0) is 24.6 Å². The number of carbonyl (C=O) groups is 2. The lowest BCUT2D eigenvalue weighted by molar-refractivity contribution is -0.128. The highest BCUT2D eigenvalue weighted by atomic mass is 35.5. The van der Waals surface area contributed by atoms with Gasteiger partial charge in [0, 0.05) is 35.0 Å². The van der Waals surface area contributed by atoms with Gasteiger partial charge in [0.15, 0.2) is 5.13 Å². The molecule has 0 radical (unpaired) electrons. The van der Waals surface area contributed by atoms with Gasteiger partial charge < -0.3 is 10.2 Å². The molecule has 1 saturated heterocycles. The van der Waals surface area contributed by atoms with Crippen molar-refractivity contribution in [2.24, 2.45) is 5.92 Å². The predicted octanol–water partition coefficient (Wildman–Crippen LogP) is 4.76. The molecule has 1 N–H and O–H groups in total. The minimum Gasteiger partial charge on any atom is -0.338 e. The van der Waals surface area contributed by atoms with Gasteiger partial charge in [-0.25, -0.2) is 4.98 Å². The summed E-state index contributed by atoms with van der Waals surface area (Å²) in [5.74, 6) is -0.522. The molecule has 0 saturated carbocycles. The number of amides is 2. The van der Waals surface area contributed by atoms with Gasteiger partial charge in [-0.15, -0.1) is 11.3 Å². The molecule has 0 aliphatic carbocycles. The quantitative estimate of drug-likeness (QED) is 0.641. The summed E-state index contributed by atoms with van der Waals surface area (Å²) in [7, 11) is 0. The zero-order chi connectivity index (χ0) is 20.4. The van der Waals surface area contributed by atoms with E-state index >= 15 is 0 Å². The van der Waals surface area contributed by atoms with Crippen molar-refractivity contribution in [2.75, 3.05) is 11.9 Å². The van der Waals surface area contributed by atoms with Crippen LogP contribution < -0.4 is 5.32 Å². The van der Waals surface area contributed by atoms with Crippen LogP contribution in [0.4, 0.5) is 5.13 Å². The van der Waals surface area contributed by atoms with Crippen molar-refractivity contribution in [3.8, 4) is 11.3 Å². The molecule has 1 aliphatic rings. The first-order valence-electron chi connectivity index (χ1n) is 9.35. The van der Waals surface area contributed by atoms with Crippen molar-refractivity contribution in [1.29, 1.82) is 0 Å². The molecule has 7 heteroatoms. The number of hydrogen-bond donors (Lipinski definition) is 1. The Kier molecular flexibility index (Phi) is 5.65. The van der Waals surface area contributed by atoms with Crippen molar-refractivity contribution >= 4 is 39.9 Å². The molecule has 148 valence electrons. The van der Waals surface area contributed by atoms with Crippen molar-refractivity contribution in [3.05, 3.63) is 70.1 Å². The highest BCUT2D eigenvalue weighted by Crippen LogP contribution is 2.32. The van der Waals surface area contributed by atoms with E-state index in [2.05, 4.69) is 10.3 Å². The van der Waals surface area contributed by atoms with Gasteiger partial charge >= 0.3 is 0 Å². The molecule has 29 heavy (non-hydrogen) atoms. The summed E-state index contributed by atoms with van der Waals surface area (Å²) >= 11 is 7.38. The lowest BCUT2D eigenvalue weighted by Gasteiger charge is -2.16. The molecule has 2 aromatic carbocycles. The first-order chi connectivity index (χ1) is 14.0. The smallest absolute Gasteiger partial charge is 0.231 e. The van der Waals surface area contributed by atoms with Crippen molar-refractivity contribution in [1.82, 2.24) is 9.88 Å². The number of aromatic nitrogens is 1. The second-order valence-electron chi connectivity index (χ2n) is 7.08. The van der Waals surface area contributed by atoms with E-state index in [4.69, 9.17) is 11.6 Å². The maximum absolute atomic E-state index is 12.7. The zero-order valence-corrected chi connectivity index (χ0v) is 17.5. The van der Waals surface area contributed by atoms with Crippen LogP contribution in [0.15, 0.2) is 54.6 Å². The lowest BCUT2D eigenvalue weighted by Crippen LogP contribution is -2.28. The fourth-order valence-electron chi connectivity index (χ4n) is 3.44. The van der Waals surface area contributed by atoms with Crippen LogP contribution in [0.25, 0.3) is 11.3 Å². The third kappa shape index (κ3) is 4.49. The molecule has 4 rings (SSSR count). The number of likely N-dealkylation sites (tertiary alicyclic amines) is 1. The molecule has 3 aromatic rings. The summed E-state index contributed by atoms with van der Waals surface area (Å²) in [4.78, 5) is 32.4. The summed E-state index contributed by atoms with van der Waals surface area (Å²) in [5, 5.41) is 4.11. The maximum Gasteiger partial charge on any atom is 0.231 e. The number of thiazole rings is 1. The number of benzene rings is 2. The third-order valence-corrected chi connectivity index (χ3v) is 6.08. The fourth-order valence-corrected chi connectivity index (χ4v) is 4.40. The van der Waals surface area contributed by atoms with Crippen molar-refractivity contribution < 1.29 is 9.59 Å². The number of nitrogens with one attached hydrogen (secondary N) is 1. The minimum atomic E-state index is -0.366. The summed E-state index contributed by atoms with van der Waals surface area (Å²) < 4.78 is 0. The summed E-state index contributed by atoms with van der Waals surface area (Å²) in [6, 6.07) is 17.3. The highest BCUT2D eigenvalue weighted by Gasteiger charge is 2.34. The largest absolute Gasteiger partial charge is 0.338 e. The number of anilines is 1. The van der Waals surface area contributed by atoms with Crippen molar-refractivity contribution in [2.45, 2.75) is 19.9 Å². The van der Waals surface area contributed by atoms with Crippen LogP contribution in [0, 0.1) is 12.8 Å². The number of halogens is 1. The average Bonchev–Trinajstić information content (AvgIpc) is 3.26. The Bertz CT molecular complexity index is 1030. The van der Waals surface area contributed by atoms with E-state index in [9.17, 15) is 9.59 Å². The molecule has 0 bridgehead atoms. The normalized spacial score (nSPS) is 16.3. The number of rotatable bonds is 5. The number of aryl methyl sites for hydroxylation is 1. The van der Waals surface area contributed by atoms with E-state index in [1.807, 2.05) is 61.5 Å². The molecule has 5 nitrogen and oxygen atoms in total. The van der Waals surface area contributed by atoms with Gasteiger partial charge in [-0.2, -0.15) is 0 Å². The van der Waals surface area contributed by atoms with Gasteiger partial charge in [0.2, 0.25) is 11.8 Å². The topological polar surface area (TPSA) is 62.3 Å². The van der Waals surface area contributed by atoms with Gasteiger partial charge in [0.25, 0.3) is 0 Å². The summed E-state index contributed by atoms with van der Waals surface area (Å²) in [6.45, 7) is 2.92. The Morgan fingerprint density at radius 3 is 2.66 bits per heavy atom. The van der Waals surface area contributed by atoms with Crippen LogP contribution in [0.3, 0.4) is 0 Å². The Morgan fingerprint density at radius 1 is 1.21 bits per heavy atom. The number of hydrogen-bond acceptors (Lipinski definition) is 4. The number of carbonyl (C=O) groups excluding carboxylic acids is 2. The second-order valence-corrected chi connectivity index (χ2v) is 8.72. The molecule has 1 unspecified atom stereocenters. The molecule has 2 heterocycles. The van der Waals surface area contributed by atoms with Gasteiger partial charge in [-0.3, -0.25) is 9.59 Å². The molecule has 1 fully saturated rings. The van der Waals surface area contributed by atoms with E-state index in [1.54, 1.807) is 4.90 Å². The van der Waals surface area contributed by atoms with Crippen LogP contribution in [0.5, 0.6) is 0 Å². The van der Waals surface area contributed by atoms with E-state index in [0.717, 1.165) is 21.7 Å². The summed E-state index contributed by atoms with van der Waals surface area (Å²) in [5.41, 5.74) is 2.84. The first-order valence-corrected chi connectivity index (χ1v) is 10.5. The van der Waals surface area contributed by atoms with Crippen LogP contribution in [0.1, 0.15) is 16.9 Å². The Labute approximate surface area is 178 Å². The maximum atomic E-state index is 12.7. The van der Waals surface area contributed by atoms with Crippen LogP contribution in [-0.2, 0) is 16.1 Å². The molecule has 1 aromatic heterocycles. The molecule has 1 aliphatic heterocycles. The monoisotopic (exact) mass is 425 g/mol. The molecule has 2 amide bonds. The SMILES string of the molecule is Cc1sc(NC(=O)C2CC(=O)N(Cc3ccccc3)C2)nc1-c1ccc(Cl)cc1. The van der Waals surface area contributed by atoms with Gasteiger partial charge in [0.05, 0.1) is 11.6 Å². The number of nitrogens with zero attached hydrogens (tertiary/aromatic N) is 2. The fraction of sp³-hybridized carbons (Fsp3) is 0.227. The minimum absolute atomic E-state index is 0.00572.